The zero-order valence-electron chi connectivity index (χ0n) is 10.4. The Hall–Kier alpha value is -1.47. The van der Waals surface area contributed by atoms with Crippen LogP contribution in [-0.2, 0) is 10.0 Å². The third-order valence-corrected chi connectivity index (χ3v) is 5.06. The fourth-order valence-electron chi connectivity index (χ4n) is 2.25. The molecule has 0 aliphatic carbocycles. The maximum Gasteiger partial charge on any atom is 0.236 e. The molecule has 1 atom stereocenters. The fourth-order valence-corrected chi connectivity index (χ4v) is 3.64. The summed E-state index contributed by atoms with van der Waals surface area (Å²) in [4.78, 5) is 0. The van der Waals surface area contributed by atoms with E-state index in [0.717, 1.165) is 6.54 Å². The van der Waals surface area contributed by atoms with Crippen LogP contribution < -0.4 is 19.5 Å². The van der Waals surface area contributed by atoms with Gasteiger partial charge in [0, 0.05) is 12.6 Å². The van der Waals surface area contributed by atoms with E-state index >= 15 is 0 Å². The Kier molecular flexibility index (Phi) is 3.24. The predicted molar refractivity (Wildman–Crippen MR) is 71.2 cm³/mol. The van der Waals surface area contributed by atoms with Gasteiger partial charge in [-0.15, -0.1) is 0 Å². The van der Waals surface area contributed by atoms with Gasteiger partial charge in [0.05, 0.1) is 10.9 Å². The second kappa shape index (κ2) is 4.90. The highest BCUT2D eigenvalue weighted by molar-refractivity contribution is 7.93. The number of fused-ring (bicyclic) bond motifs is 1. The summed E-state index contributed by atoms with van der Waals surface area (Å²) in [5, 5.41) is 2.68. The van der Waals surface area contributed by atoms with Gasteiger partial charge in [0.15, 0.2) is 11.5 Å². The SMILES string of the molecule is O=S(=O)(Nc1ccc2c(c1)OCCO2)C1CCNC1. The van der Waals surface area contributed by atoms with Gasteiger partial charge >= 0.3 is 0 Å². The second-order valence-corrected chi connectivity index (χ2v) is 6.58. The molecule has 2 heterocycles. The smallest absolute Gasteiger partial charge is 0.236 e. The van der Waals surface area contributed by atoms with Crippen molar-refractivity contribution in [3.05, 3.63) is 18.2 Å². The summed E-state index contributed by atoms with van der Waals surface area (Å²) in [6, 6.07) is 5.07. The van der Waals surface area contributed by atoms with E-state index in [1.165, 1.54) is 0 Å². The second-order valence-electron chi connectivity index (χ2n) is 4.62. The van der Waals surface area contributed by atoms with Gasteiger partial charge < -0.3 is 14.8 Å². The van der Waals surface area contributed by atoms with Crippen LogP contribution in [0, 0.1) is 0 Å². The highest BCUT2D eigenvalue weighted by Crippen LogP contribution is 2.33. The summed E-state index contributed by atoms with van der Waals surface area (Å²) in [6.07, 6.45) is 0.639. The highest BCUT2D eigenvalue weighted by Gasteiger charge is 2.28. The van der Waals surface area contributed by atoms with E-state index in [1.54, 1.807) is 18.2 Å². The molecule has 3 rings (SSSR count). The van der Waals surface area contributed by atoms with Gasteiger partial charge in [-0.2, -0.15) is 0 Å². The molecule has 1 aromatic carbocycles. The van der Waals surface area contributed by atoms with Crippen molar-refractivity contribution in [2.75, 3.05) is 31.0 Å². The number of rotatable bonds is 3. The van der Waals surface area contributed by atoms with Crippen molar-refractivity contribution in [3.63, 3.8) is 0 Å². The standard InChI is InChI=1S/C12H16N2O4S/c15-19(16,10-3-4-13-8-10)14-9-1-2-11-12(7-9)18-6-5-17-11/h1-2,7,10,13-14H,3-6,8H2. The number of benzene rings is 1. The van der Waals surface area contributed by atoms with E-state index in [2.05, 4.69) is 10.0 Å². The number of ether oxygens (including phenoxy) is 2. The Labute approximate surface area is 112 Å². The van der Waals surface area contributed by atoms with E-state index in [9.17, 15) is 8.42 Å². The quantitative estimate of drug-likeness (QED) is 0.848. The zero-order chi connectivity index (χ0) is 13.3. The largest absolute Gasteiger partial charge is 0.486 e. The van der Waals surface area contributed by atoms with E-state index in [-0.39, 0.29) is 5.25 Å². The molecule has 0 radical (unpaired) electrons. The highest BCUT2D eigenvalue weighted by atomic mass is 32.2. The van der Waals surface area contributed by atoms with Crippen molar-refractivity contribution < 1.29 is 17.9 Å². The van der Waals surface area contributed by atoms with Crippen LogP contribution in [0.1, 0.15) is 6.42 Å². The van der Waals surface area contributed by atoms with Gasteiger partial charge in [0.2, 0.25) is 10.0 Å². The summed E-state index contributed by atoms with van der Waals surface area (Å²) in [7, 11) is -3.35. The summed E-state index contributed by atoms with van der Waals surface area (Å²) in [5.41, 5.74) is 0.510. The molecule has 1 saturated heterocycles. The lowest BCUT2D eigenvalue weighted by Gasteiger charge is -2.19. The molecule has 0 aromatic heterocycles. The molecule has 7 heteroatoms. The van der Waals surface area contributed by atoms with Gasteiger partial charge in [-0.25, -0.2) is 8.42 Å². The van der Waals surface area contributed by atoms with E-state index in [0.29, 0.717) is 43.4 Å². The fraction of sp³-hybridized carbons (Fsp3) is 0.500. The maximum atomic E-state index is 12.1. The first-order chi connectivity index (χ1) is 9.15. The summed E-state index contributed by atoms with van der Waals surface area (Å²) in [5.74, 6) is 1.23. The van der Waals surface area contributed by atoms with Crippen molar-refractivity contribution in [2.45, 2.75) is 11.7 Å². The minimum absolute atomic E-state index is 0.374. The molecule has 1 fully saturated rings. The Bertz CT molecular complexity index is 567. The minimum Gasteiger partial charge on any atom is -0.486 e. The zero-order valence-corrected chi connectivity index (χ0v) is 11.2. The van der Waals surface area contributed by atoms with Gasteiger partial charge in [0.25, 0.3) is 0 Å². The maximum absolute atomic E-state index is 12.1. The molecule has 0 amide bonds. The Morgan fingerprint density at radius 1 is 1.21 bits per heavy atom. The first kappa shape index (κ1) is 12.6. The first-order valence-corrected chi connectivity index (χ1v) is 7.82. The van der Waals surface area contributed by atoms with E-state index in [1.807, 2.05) is 0 Å². The Balaban J connectivity index is 1.79. The van der Waals surface area contributed by atoms with Crippen LogP contribution in [0.5, 0.6) is 11.5 Å². The van der Waals surface area contributed by atoms with Crippen LogP contribution in [-0.4, -0.2) is 40.0 Å². The van der Waals surface area contributed by atoms with Crippen LogP contribution in [0.2, 0.25) is 0 Å². The number of sulfonamides is 1. The predicted octanol–water partition coefficient (Wildman–Crippen LogP) is 0.561. The van der Waals surface area contributed by atoms with Crippen molar-refractivity contribution in [2.24, 2.45) is 0 Å². The molecule has 104 valence electrons. The van der Waals surface area contributed by atoms with E-state index < -0.39 is 10.0 Å². The summed E-state index contributed by atoms with van der Waals surface area (Å²) >= 11 is 0. The van der Waals surface area contributed by atoms with E-state index in [4.69, 9.17) is 9.47 Å². The molecular weight excluding hydrogens is 268 g/mol. The average molecular weight is 284 g/mol. The van der Waals surface area contributed by atoms with Crippen LogP contribution >= 0.6 is 0 Å². The third-order valence-electron chi connectivity index (χ3n) is 3.26. The molecule has 2 N–H and O–H groups in total. The summed E-state index contributed by atoms with van der Waals surface area (Å²) in [6.45, 7) is 2.24. The number of hydrogen-bond donors (Lipinski definition) is 2. The molecular formula is C12H16N2O4S. The molecule has 6 nitrogen and oxygen atoms in total. The Morgan fingerprint density at radius 3 is 2.74 bits per heavy atom. The molecule has 0 bridgehead atoms. The molecule has 2 aliphatic rings. The normalized spacial score (nSPS) is 22.2. The van der Waals surface area contributed by atoms with Gasteiger partial charge in [0.1, 0.15) is 13.2 Å². The number of anilines is 1. The number of nitrogens with one attached hydrogen (secondary N) is 2. The van der Waals surface area contributed by atoms with Gasteiger partial charge in [-0.3, -0.25) is 4.72 Å². The van der Waals surface area contributed by atoms with Crippen molar-refractivity contribution in [3.8, 4) is 11.5 Å². The number of hydrogen-bond acceptors (Lipinski definition) is 5. The Morgan fingerprint density at radius 2 is 2.00 bits per heavy atom. The van der Waals surface area contributed by atoms with Crippen LogP contribution in [0.4, 0.5) is 5.69 Å². The van der Waals surface area contributed by atoms with Crippen LogP contribution in [0.15, 0.2) is 18.2 Å². The molecule has 1 aromatic rings. The molecule has 1 unspecified atom stereocenters. The molecule has 19 heavy (non-hydrogen) atoms. The lowest BCUT2D eigenvalue weighted by atomic mass is 10.3. The minimum atomic E-state index is -3.35. The van der Waals surface area contributed by atoms with Crippen LogP contribution in [0.3, 0.4) is 0 Å². The van der Waals surface area contributed by atoms with Crippen molar-refractivity contribution in [1.82, 2.24) is 5.32 Å². The molecule has 0 spiro atoms. The topological polar surface area (TPSA) is 76.7 Å². The third kappa shape index (κ3) is 2.62. The summed E-state index contributed by atoms with van der Waals surface area (Å²) < 4.78 is 37.7. The van der Waals surface area contributed by atoms with Crippen molar-refractivity contribution in [1.29, 1.82) is 0 Å². The average Bonchev–Trinajstić information content (AvgIpc) is 2.93. The van der Waals surface area contributed by atoms with Gasteiger partial charge in [-0.05, 0) is 25.1 Å². The lowest BCUT2D eigenvalue weighted by Crippen LogP contribution is -2.29. The van der Waals surface area contributed by atoms with Crippen molar-refractivity contribution >= 4 is 15.7 Å². The molecule has 2 aliphatic heterocycles. The monoisotopic (exact) mass is 284 g/mol. The van der Waals surface area contributed by atoms with Crippen LogP contribution in [0.25, 0.3) is 0 Å². The lowest BCUT2D eigenvalue weighted by molar-refractivity contribution is 0.171. The first-order valence-electron chi connectivity index (χ1n) is 6.27. The molecule has 0 saturated carbocycles. The van der Waals surface area contributed by atoms with Gasteiger partial charge in [-0.1, -0.05) is 0 Å².